The zero-order valence-corrected chi connectivity index (χ0v) is 17.4. The minimum atomic E-state index is -1.15. The Morgan fingerprint density at radius 3 is 1.73 bits per heavy atom. The van der Waals surface area contributed by atoms with Gasteiger partial charge in [0.1, 0.15) is 17.7 Å². The summed E-state index contributed by atoms with van der Waals surface area (Å²) in [5, 5.41) is 14.7. The molecule has 0 fully saturated rings. The molecule has 2 amide bonds. The molecule has 2 aromatic rings. The highest BCUT2D eigenvalue weighted by Gasteiger charge is 2.28. The number of hydrogen-bond acceptors (Lipinski definition) is 4. The largest absolute Gasteiger partial charge is 0.480 e. The molecule has 0 aromatic heterocycles. The van der Waals surface area contributed by atoms with Gasteiger partial charge in [-0.3, -0.25) is 4.79 Å². The maximum atomic E-state index is 12.9. The number of carbonyl (C=O) groups excluding carboxylic acids is 2. The molecule has 2 rings (SSSR count). The van der Waals surface area contributed by atoms with E-state index in [-0.39, 0.29) is 12.8 Å². The molecule has 0 aliphatic rings. The van der Waals surface area contributed by atoms with Crippen LogP contribution in [0, 0.1) is 0 Å². The van der Waals surface area contributed by atoms with Crippen LogP contribution in [0.3, 0.4) is 0 Å². The van der Waals surface area contributed by atoms with Crippen molar-refractivity contribution >= 4 is 18.0 Å². The number of rotatable bonds is 8. The van der Waals surface area contributed by atoms with Gasteiger partial charge in [-0.25, -0.2) is 9.59 Å². The highest BCUT2D eigenvalue weighted by atomic mass is 16.6. The van der Waals surface area contributed by atoms with Gasteiger partial charge in [0, 0.05) is 12.8 Å². The molecule has 0 saturated carbocycles. The fraction of sp³-hybridized carbons (Fsp3) is 0.348. The second-order valence-corrected chi connectivity index (χ2v) is 7.98. The predicted molar refractivity (Wildman–Crippen MR) is 113 cm³/mol. The Labute approximate surface area is 176 Å². The zero-order chi connectivity index (χ0) is 22.1. The number of carboxylic acid groups (broad SMARTS) is 1. The second kappa shape index (κ2) is 10.4. The summed E-state index contributed by atoms with van der Waals surface area (Å²) in [6.07, 6.45) is -0.413. The predicted octanol–water partition coefficient (Wildman–Crippen LogP) is 2.93. The molecule has 1 unspecified atom stereocenters. The Bertz CT molecular complexity index is 847. The van der Waals surface area contributed by atoms with Gasteiger partial charge in [0.25, 0.3) is 0 Å². The third-order valence-corrected chi connectivity index (χ3v) is 4.19. The molecule has 7 nitrogen and oxygen atoms in total. The molecule has 0 spiro atoms. The van der Waals surface area contributed by atoms with Gasteiger partial charge in [-0.05, 0) is 31.9 Å². The summed E-state index contributed by atoms with van der Waals surface area (Å²) in [5.41, 5.74) is 0.878. The SMILES string of the molecule is CC(C)(C)OC(=O)N[C@H](Cc1ccccc1)C(=O)NC(Cc1ccccc1)C(=O)O. The van der Waals surface area contributed by atoms with Crippen LogP contribution in [-0.2, 0) is 27.2 Å². The second-order valence-electron chi connectivity index (χ2n) is 7.98. The first-order chi connectivity index (χ1) is 14.1. The van der Waals surface area contributed by atoms with Crippen LogP contribution in [0.5, 0.6) is 0 Å². The first-order valence-electron chi connectivity index (χ1n) is 9.74. The van der Waals surface area contributed by atoms with Crippen molar-refractivity contribution in [2.45, 2.75) is 51.3 Å². The van der Waals surface area contributed by atoms with E-state index >= 15 is 0 Å². The monoisotopic (exact) mass is 412 g/mol. The number of benzene rings is 2. The average Bonchev–Trinajstić information content (AvgIpc) is 2.67. The Morgan fingerprint density at radius 2 is 1.30 bits per heavy atom. The van der Waals surface area contributed by atoms with Gasteiger partial charge in [0.05, 0.1) is 0 Å². The van der Waals surface area contributed by atoms with Crippen molar-refractivity contribution in [2.75, 3.05) is 0 Å². The van der Waals surface area contributed by atoms with Crippen LogP contribution < -0.4 is 10.6 Å². The molecular weight excluding hydrogens is 384 g/mol. The van der Waals surface area contributed by atoms with E-state index in [2.05, 4.69) is 10.6 Å². The van der Waals surface area contributed by atoms with Crippen molar-refractivity contribution in [2.24, 2.45) is 0 Å². The van der Waals surface area contributed by atoms with Crippen molar-refractivity contribution in [1.29, 1.82) is 0 Å². The van der Waals surface area contributed by atoms with E-state index in [0.717, 1.165) is 11.1 Å². The first kappa shape index (κ1) is 22.9. The van der Waals surface area contributed by atoms with Crippen molar-refractivity contribution in [3.8, 4) is 0 Å². The Morgan fingerprint density at radius 1 is 0.833 bits per heavy atom. The van der Waals surface area contributed by atoms with E-state index in [1.165, 1.54) is 0 Å². The number of aliphatic carboxylic acids is 1. The summed E-state index contributed by atoms with van der Waals surface area (Å²) in [4.78, 5) is 36.9. The third kappa shape index (κ3) is 7.95. The maximum absolute atomic E-state index is 12.9. The highest BCUT2D eigenvalue weighted by Crippen LogP contribution is 2.10. The number of hydrogen-bond donors (Lipinski definition) is 3. The fourth-order valence-corrected chi connectivity index (χ4v) is 2.83. The van der Waals surface area contributed by atoms with E-state index in [9.17, 15) is 19.5 Å². The molecule has 2 aromatic carbocycles. The maximum Gasteiger partial charge on any atom is 0.408 e. The lowest BCUT2D eigenvalue weighted by molar-refractivity contribution is -0.142. The van der Waals surface area contributed by atoms with Gasteiger partial charge in [-0.1, -0.05) is 60.7 Å². The summed E-state index contributed by atoms with van der Waals surface area (Å²) >= 11 is 0. The molecule has 30 heavy (non-hydrogen) atoms. The van der Waals surface area contributed by atoms with Gasteiger partial charge in [0.15, 0.2) is 0 Å². The van der Waals surface area contributed by atoms with Crippen LogP contribution in [0.4, 0.5) is 4.79 Å². The van der Waals surface area contributed by atoms with Crippen LogP contribution in [0.25, 0.3) is 0 Å². The van der Waals surface area contributed by atoms with Crippen LogP contribution in [0.15, 0.2) is 60.7 Å². The molecule has 3 N–H and O–H groups in total. The molecule has 0 aliphatic carbocycles. The van der Waals surface area contributed by atoms with Gasteiger partial charge in [0.2, 0.25) is 5.91 Å². The van der Waals surface area contributed by atoms with Crippen LogP contribution >= 0.6 is 0 Å². The van der Waals surface area contributed by atoms with Gasteiger partial charge in [-0.2, -0.15) is 0 Å². The lowest BCUT2D eigenvalue weighted by Crippen LogP contribution is -2.53. The quantitative estimate of drug-likeness (QED) is 0.618. The van der Waals surface area contributed by atoms with E-state index in [0.29, 0.717) is 0 Å². The van der Waals surface area contributed by atoms with E-state index in [1.807, 2.05) is 36.4 Å². The van der Waals surface area contributed by atoms with Crippen molar-refractivity contribution < 1.29 is 24.2 Å². The number of nitrogens with one attached hydrogen (secondary N) is 2. The first-order valence-corrected chi connectivity index (χ1v) is 9.74. The van der Waals surface area contributed by atoms with Gasteiger partial charge in [-0.15, -0.1) is 0 Å². The molecule has 7 heteroatoms. The number of carboxylic acids is 1. The summed E-state index contributed by atoms with van der Waals surface area (Å²) in [6, 6.07) is 16.1. The average molecular weight is 412 g/mol. The molecular formula is C23H28N2O5. The normalized spacial score (nSPS) is 13.0. The van der Waals surface area contributed by atoms with Crippen molar-refractivity contribution in [3.63, 3.8) is 0 Å². The summed E-state index contributed by atoms with van der Waals surface area (Å²) in [6.45, 7) is 5.16. The Hall–Kier alpha value is -3.35. The van der Waals surface area contributed by atoms with Gasteiger partial charge < -0.3 is 20.5 Å². The molecule has 0 bridgehead atoms. The molecule has 160 valence electrons. The lowest BCUT2D eigenvalue weighted by Gasteiger charge is -2.24. The van der Waals surface area contributed by atoms with Gasteiger partial charge >= 0.3 is 12.1 Å². The van der Waals surface area contributed by atoms with Crippen LogP contribution in [-0.4, -0.2) is 40.8 Å². The van der Waals surface area contributed by atoms with E-state index in [1.54, 1.807) is 45.0 Å². The number of carbonyl (C=O) groups is 3. The van der Waals surface area contributed by atoms with Crippen LogP contribution in [0.2, 0.25) is 0 Å². The smallest absolute Gasteiger partial charge is 0.408 e. The summed E-state index contributed by atoms with van der Waals surface area (Å²) < 4.78 is 5.26. The molecule has 0 radical (unpaired) electrons. The summed E-state index contributed by atoms with van der Waals surface area (Å²) in [7, 11) is 0. The number of amides is 2. The lowest BCUT2D eigenvalue weighted by atomic mass is 10.0. The van der Waals surface area contributed by atoms with Crippen LogP contribution in [0.1, 0.15) is 31.9 Å². The van der Waals surface area contributed by atoms with Crippen molar-refractivity contribution in [3.05, 3.63) is 71.8 Å². The Kier molecular flexibility index (Phi) is 7.98. The molecule has 0 saturated heterocycles. The Balaban J connectivity index is 2.14. The van der Waals surface area contributed by atoms with E-state index < -0.39 is 35.7 Å². The zero-order valence-electron chi connectivity index (χ0n) is 17.4. The van der Waals surface area contributed by atoms with Crippen molar-refractivity contribution in [1.82, 2.24) is 10.6 Å². The number of ether oxygens (including phenoxy) is 1. The fourth-order valence-electron chi connectivity index (χ4n) is 2.83. The topological polar surface area (TPSA) is 105 Å². The summed E-state index contributed by atoms with van der Waals surface area (Å²) in [5.74, 6) is -1.74. The van der Waals surface area contributed by atoms with E-state index in [4.69, 9.17) is 4.74 Å². The highest BCUT2D eigenvalue weighted by molar-refractivity contribution is 5.89. The number of alkyl carbamates (subject to hydrolysis) is 1. The minimum absolute atomic E-state index is 0.131. The minimum Gasteiger partial charge on any atom is -0.480 e. The standard InChI is InChI=1S/C23H28N2O5/c1-23(2,3)30-22(29)25-18(14-16-10-6-4-7-11-16)20(26)24-19(21(27)28)15-17-12-8-5-9-13-17/h4-13,18-19H,14-15H2,1-3H3,(H,24,26)(H,25,29)(H,27,28)/t18-,19?/m1/s1. The molecule has 2 atom stereocenters. The molecule has 0 heterocycles. The molecule has 0 aliphatic heterocycles. The third-order valence-electron chi connectivity index (χ3n) is 4.19.